The molecule has 0 fully saturated rings. The SMILES string of the molecule is CCCCCCCCCCCCCCCCCC(=O)N1/C(=C\C=C\C2=[N+](C(=O)CCCCCCCCCCCCCCCCC)c3ccccc3C2(C)C)C(C)(C)c2ccccc21.[O-][Cl+3]([O-])([O-])[O-]. The Balaban J connectivity index is 0.00000232. The quantitative estimate of drug-likeness (QED) is 0.0507. The van der Waals surface area contributed by atoms with Crippen LogP contribution in [-0.2, 0) is 20.4 Å². The van der Waals surface area contributed by atoms with Crippen LogP contribution in [-0.4, -0.2) is 22.1 Å². The van der Waals surface area contributed by atoms with Crippen LogP contribution in [0.4, 0.5) is 11.4 Å². The number of allylic oxidation sites excluding steroid dienone is 4. The third kappa shape index (κ3) is 21.1. The number of amides is 2. The van der Waals surface area contributed by atoms with Gasteiger partial charge in [-0.2, -0.15) is 0 Å². The number of rotatable bonds is 34. The van der Waals surface area contributed by atoms with Gasteiger partial charge in [-0.25, -0.2) is 23.4 Å². The molecule has 0 saturated heterocycles. The van der Waals surface area contributed by atoms with E-state index < -0.39 is 10.2 Å². The summed E-state index contributed by atoms with van der Waals surface area (Å²) in [6.45, 7) is 13.5. The number of carbonyl (C=O) groups is 2. The number of halogens is 1. The summed E-state index contributed by atoms with van der Waals surface area (Å²) in [4.78, 5) is 30.3. The van der Waals surface area contributed by atoms with Gasteiger partial charge in [0.2, 0.25) is 17.3 Å². The Morgan fingerprint density at radius 3 is 1.32 bits per heavy atom. The zero-order chi connectivity index (χ0) is 49.7. The Labute approximate surface area is 416 Å². The van der Waals surface area contributed by atoms with Gasteiger partial charge >= 0.3 is 5.91 Å². The molecule has 4 rings (SSSR count). The van der Waals surface area contributed by atoms with Gasteiger partial charge in [0.05, 0.1) is 17.5 Å². The van der Waals surface area contributed by atoms with E-state index in [1.807, 2.05) is 9.48 Å². The van der Waals surface area contributed by atoms with Crippen molar-refractivity contribution in [3.05, 3.63) is 83.6 Å². The Kier molecular flexibility index (Phi) is 28.4. The Bertz CT molecular complexity index is 1840. The van der Waals surface area contributed by atoms with Gasteiger partial charge in [-0.3, -0.25) is 9.69 Å². The number of hydrogen-bond acceptors (Lipinski definition) is 6. The summed E-state index contributed by atoms with van der Waals surface area (Å²) in [5.74, 6) is 0.368. The molecule has 0 spiro atoms. The highest BCUT2D eigenvalue weighted by Crippen LogP contribution is 2.48. The van der Waals surface area contributed by atoms with Crippen molar-refractivity contribution in [3.8, 4) is 0 Å². The molecule has 2 aromatic carbocycles. The van der Waals surface area contributed by atoms with Gasteiger partial charge in [0, 0.05) is 35.2 Å². The standard InChI is InChI=1S/C59H93N2O2.ClHO4/c1-7-9-11-13-15-17-19-21-23-25-27-29-31-33-35-48-56(62)60-52-44-39-37-42-50(52)58(3,4)54(60)46-41-47-55-59(5,6)51-43-38-40-45-53(51)61(55)57(63)49-36-34-32-30-28-26-24-22-20-18-16-14-12-10-8-2;2-1(3,4)5/h37-47H,7-36,48-49H2,1-6H3;(H,2,3,4,5)/q+1;/p-1. The van der Waals surface area contributed by atoms with Crippen molar-refractivity contribution >= 4 is 28.9 Å². The van der Waals surface area contributed by atoms with E-state index in [0.29, 0.717) is 12.8 Å². The van der Waals surface area contributed by atoms with Crippen molar-refractivity contribution in [3.63, 3.8) is 0 Å². The van der Waals surface area contributed by atoms with E-state index in [-0.39, 0.29) is 22.6 Å². The fourth-order valence-electron chi connectivity index (χ4n) is 10.3. The lowest BCUT2D eigenvalue weighted by atomic mass is 9.81. The monoisotopic (exact) mass is 961 g/mol. The molecule has 0 aliphatic carbocycles. The molecule has 2 heterocycles. The maximum absolute atomic E-state index is 14.1. The van der Waals surface area contributed by atoms with Crippen LogP contribution in [0, 0.1) is 10.2 Å². The first-order chi connectivity index (χ1) is 32.7. The lowest BCUT2D eigenvalue weighted by Crippen LogP contribution is -2.68. The first-order valence-electron chi connectivity index (χ1n) is 27.4. The Morgan fingerprint density at radius 2 is 0.882 bits per heavy atom. The summed E-state index contributed by atoms with van der Waals surface area (Å²) >= 11 is 0. The number of unbranched alkanes of at least 4 members (excludes halogenated alkanes) is 28. The molecule has 2 aromatic rings. The van der Waals surface area contributed by atoms with Gasteiger partial charge in [0.1, 0.15) is 0 Å². The third-order valence-corrected chi connectivity index (χ3v) is 14.4. The number of fused-ring (bicyclic) bond motifs is 2. The molecule has 2 aliphatic rings. The molecular formula is C59H93ClN2O6. The van der Waals surface area contributed by atoms with Crippen LogP contribution < -0.4 is 23.5 Å². The minimum absolute atomic E-state index is 0.184. The fraction of sp³-hybridized carbons (Fsp3) is 0.678. The molecule has 0 N–H and O–H groups in total. The molecule has 0 saturated carbocycles. The van der Waals surface area contributed by atoms with Crippen LogP contribution in [0.1, 0.15) is 258 Å². The van der Waals surface area contributed by atoms with Crippen LogP contribution in [0.15, 0.2) is 72.5 Å². The molecule has 0 atom stereocenters. The maximum atomic E-state index is 14.1. The fourth-order valence-corrected chi connectivity index (χ4v) is 10.3. The van der Waals surface area contributed by atoms with E-state index in [4.69, 9.17) is 18.6 Å². The number of hydrogen-bond donors (Lipinski definition) is 0. The first kappa shape index (κ1) is 59.2. The van der Waals surface area contributed by atoms with Crippen molar-refractivity contribution < 1.29 is 43.0 Å². The third-order valence-electron chi connectivity index (χ3n) is 14.4. The predicted octanol–water partition coefficient (Wildman–Crippen LogP) is 13.1. The summed E-state index contributed by atoms with van der Waals surface area (Å²) in [6, 6.07) is 16.9. The molecular weight excluding hydrogens is 868 g/mol. The average Bonchev–Trinajstić information content (AvgIpc) is 3.67. The molecule has 2 aliphatic heterocycles. The summed E-state index contributed by atoms with van der Waals surface area (Å²) < 4.78 is 36.0. The second kappa shape index (κ2) is 32.7. The molecule has 0 radical (unpaired) electrons. The Hall–Kier alpha value is -3.14. The molecule has 9 heteroatoms. The number of para-hydroxylation sites is 2. The Morgan fingerprint density at radius 1 is 0.515 bits per heavy atom. The second-order valence-electron chi connectivity index (χ2n) is 20.8. The molecule has 382 valence electrons. The highest BCUT2D eigenvalue weighted by atomic mass is 35.7. The van der Waals surface area contributed by atoms with E-state index in [2.05, 4.69) is 108 Å². The first-order valence-corrected chi connectivity index (χ1v) is 28.6. The summed E-state index contributed by atoms with van der Waals surface area (Å²) in [5, 5.41) is 0. The highest BCUT2D eigenvalue weighted by molar-refractivity contribution is 6.06. The number of nitrogens with zero attached hydrogens (tertiary/aromatic N) is 2. The lowest BCUT2D eigenvalue weighted by Gasteiger charge is -2.25. The topological polar surface area (TPSA) is 133 Å². The second-order valence-corrected chi connectivity index (χ2v) is 21.6. The summed E-state index contributed by atoms with van der Waals surface area (Å²) in [7, 11) is -4.94. The van der Waals surface area contributed by atoms with Gasteiger partial charge in [0.15, 0.2) is 0 Å². The maximum Gasteiger partial charge on any atom is 0.392 e. The molecule has 0 bridgehead atoms. The van der Waals surface area contributed by atoms with Gasteiger partial charge in [-0.1, -0.05) is 250 Å². The van der Waals surface area contributed by atoms with Crippen LogP contribution in [0.2, 0.25) is 0 Å². The van der Waals surface area contributed by atoms with Crippen molar-refractivity contribution in [1.29, 1.82) is 0 Å². The van der Waals surface area contributed by atoms with E-state index in [1.54, 1.807) is 0 Å². The number of anilines is 1. The molecule has 68 heavy (non-hydrogen) atoms. The minimum atomic E-state index is -4.94. The lowest BCUT2D eigenvalue weighted by molar-refractivity contribution is -2.00. The molecule has 0 aromatic heterocycles. The zero-order valence-corrected chi connectivity index (χ0v) is 44.5. The highest BCUT2D eigenvalue weighted by Gasteiger charge is 2.47. The van der Waals surface area contributed by atoms with Crippen molar-refractivity contribution in [2.24, 2.45) is 0 Å². The van der Waals surface area contributed by atoms with Crippen LogP contribution in [0.25, 0.3) is 0 Å². The normalized spacial score (nSPS) is 15.6. The van der Waals surface area contributed by atoms with Crippen molar-refractivity contribution in [1.82, 2.24) is 0 Å². The average molecular weight is 962 g/mol. The zero-order valence-electron chi connectivity index (χ0n) is 43.7. The van der Waals surface area contributed by atoms with Crippen LogP contribution >= 0.6 is 0 Å². The largest absolute Gasteiger partial charge is 0.392 e. The molecule has 8 nitrogen and oxygen atoms in total. The van der Waals surface area contributed by atoms with Gasteiger partial charge in [-0.15, -0.1) is 14.8 Å². The van der Waals surface area contributed by atoms with E-state index in [0.717, 1.165) is 48.5 Å². The smallest absolute Gasteiger partial charge is 0.284 e. The number of carbonyl (C=O) groups excluding carboxylic acids is 2. The number of benzene rings is 2. The van der Waals surface area contributed by atoms with Crippen LogP contribution in [0.5, 0.6) is 0 Å². The van der Waals surface area contributed by atoms with Gasteiger partial charge < -0.3 is 0 Å². The molecule has 0 unspecified atom stereocenters. The van der Waals surface area contributed by atoms with Gasteiger partial charge in [0.25, 0.3) is 0 Å². The van der Waals surface area contributed by atoms with E-state index in [1.165, 1.54) is 178 Å². The van der Waals surface area contributed by atoms with Crippen molar-refractivity contribution in [2.45, 2.75) is 258 Å². The van der Waals surface area contributed by atoms with Gasteiger partial charge in [-0.05, 0) is 44.4 Å². The van der Waals surface area contributed by atoms with Crippen LogP contribution in [0.3, 0.4) is 0 Å². The molecule has 2 amide bonds. The van der Waals surface area contributed by atoms with E-state index in [9.17, 15) is 9.59 Å². The predicted molar refractivity (Wildman–Crippen MR) is 273 cm³/mol. The minimum Gasteiger partial charge on any atom is -0.284 e. The van der Waals surface area contributed by atoms with Crippen molar-refractivity contribution in [2.75, 3.05) is 4.90 Å². The van der Waals surface area contributed by atoms with E-state index >= 15 is 0 Å². The summed E-state index contributed by atoms with van der Waals surface area (Å²) in [5.41, 5.74) is 5.77. The summed E-state index contributed by atoms with van der Waals surface area (Å²) in [6.07, 6.45) is 47.0.